The number of quaternary nitrogens is 1. The van der Waals surface area contributed by atoms with Gasteiger partial charge in [-0.2, -0.15) is 0 Å². The van der Waals surface area contributed by atoms with Crippen LogP contribution < -0.4 is 5.32 Å². The molecule has 0 radical (unpaired) electrons. The summed E-state index contributed by atoms with van der Waals surface area (Å²) < 4.78 is 9.96. The summed E-state index contributed by atoms with van der Waals surface area (Å²) in [5, 5.41) is 1.99. The predicted octanol–water partition coefficient (Wildman–Crippen LogP) is -0.658. The van der Waals surface area contributed by atoms with E-state index in [9.17, 15) is 9.59 Å². The number of rotatable bonds is 1. The van der Waals surface area contributed by atoms with Crippen LogP contribution in [0.1, 0.15) is 20.8 Å². The Morgan fingerprint density at radius 2 is 2.00 bits per heavy atom. The molecule has 1 amide bonds. The van der Waals surface area contributed by atoms with Crippen LogP contribution in [0.4, 0.5) is 4.79 Å². The summed E-state index contributed by atoms with van der Waals surface area (Å²) in [6.45, 7) is 7.18. The van der Waals surface area contributed by atoms with Crippen LogP contribution in [0.3, 0.4) is 0 Å². The number of carbonyl (C=O) groups is 2. The monoisotopic (exact) mass is 245 g/mol. The zero-order valence-electron chi connectivity index (χ0n) is 10.9. The van der Waals surface area contributed by atoms with Gasteiger partial charge in [-0.05, 0) is 20.8 Å². The molecule has 1 aliphatic heterocycles. The molecule has 1 atom stereocenters. The van der Waals surface area contributed by atoms with Crippen molar-refractivity contribution in [3.8, 4) is 0 Å². The number of amides is 1. The zero-order valence-corrected chi connectivity index (χ0v) is 10.9. The second kappa shape index (κ2) is 5.35. The Labute approximate surface area is 101 Å². The van der Waals surface area contributed by atoms with Crippen LogP contribution in [0.15, 0.2) is 0 Å². The molecule has 0 saturated carbocycles. The molecule has 0 aliphatic carbocycles. The molecule has 0 aromatic heterocycles. The molecule has 0 unspecified atom stereocenters. The third-order valence-corrected chi connectivity index (χ3v) is 2.44. The lowest BCUT2D eigenvalue weighted by Gasteiger charge is -2.33. The van der Waals surface area contributed by atoms with Crippen molar-refractivity contribution < 1.29 is 24.4 Å². The van der Waals surface area contributed by atoms with Crippen LogP contribution in [-0.2, 0) is 14.3 Å². The topological polar surface area (TPSA) is 72.5 Å². The Morgan fingerprint density at radius 1 is 1.35 bits per heavy atom. The van der Waals surface area contributed by atoms with Gasteiger partial charge in [-0.1, -0.05) is 0 Å². The fraction of sp³-hybridized carbons (Fsp3) is 0.818. The van der Waals surface area contributed by atoms with E-state index in [2.05, 4.69) is 0 Å². The van der Waals surface area contributed by atoms with E-state index in [4.69, 9.17) is 9.47 Å². The maximum absolute atomic E-state index is 11.9. The molecular formula is C11H21N2O4+. The van der Waals surface area contributed by atoms with Crippen molar-refractivity contribution in [1.82, 2.24) is 4.90 Å². The van der Waals surface area contributed by atoms with Crippen molar-refractivity contribution in [2.45, 2.75) is 32.4 Å². The fourth-order valence-corrected chi connectivity index (χ4v) is 1.69. The van der Waals surface area contributed by atoms with Gasteiger partial charge in [0.2, 0.25) is 0 Å². The molecule has 0 aromatic carbocycles. The van der Waals surface area contributed by atoms with E-state index in [-0.39, 0.29) is 0 Å². The third-order valence-electron chi connectivity index (χ3n) is 2.44. The number of carbonyl (C=O) groups excluding carboxylic acids is 2. The van der Waals surface area contributed by atoms with E-state index < -0.39 is 23.7 Å². The summed E-state index contributed by atoms with van der Waals surface area (Å²) in [6, 6.07) is -0.552. The van der Waals surface area contributed by atoms with Gasteiger partial charge in [0, 0.05) is 0 Å². The van der Waals surface area contributed by atoms with Gasteiger partial charge in [-0.15, -0.1) is 0 Å². The number of hydrogen-bond acceptors (Lipinski definition) is 4. The molecular weight excluding hydrogens is 224 g/mol. The Bertz CT molecular complexity index is 298. The van der Waals surface area contributed by atoms with E-state index in [1.807, 2.05) is 5.32 Å². The summed E-state index contributed by atoms with van der Waals surface area (Å²) in [5.41, 5.74) is -0.557. The molecule has 0 aromatic rings. The van der Waals surface area contributed by atoms with Gasteiger partial charge in [0.25, 0.3) is 0 Å². The predicted molar refractivity (Wildman–Crippen MR) is 60.4 cm³/mol. The highest BCUT2D eigenvalue weighted by Gasteiger charge is 2.37. The first-order chi connectivity index (χ1) is 7.85. The molecule has 98 valence electrons. The van der Waals surface area contributed by atoms with Crippen LogP contribution >= 0.6 is 0 Å². The van der Waals surface area contributed by atoms with Crippen molar-refractivity contribution in [3.63, 3.8) is 0 Å². The first-order valence-corrected chi connectivity index (χ1v) is 5.74. The van der Waals surface area contributed by atoms with Gasteiger partial charge in [0.15, 0.2) is 6.04 Å². The second-order valence-electron chi connectivity index (χ2n) is 5.03. The molecule has 2 N–H and O–H groups in total. The molecule has 6 nitrogen and oxygen atoms in total. The lowest BCUT2D eigenvalue weighted by Crippen LogP contribution is -2.92. The molecule has 1 rings (SSSR count). The van der Waals surface area contributed by atoms with Crippen molar-refractivity contribution in [1.29, 1.82) is 0 Å². The minimum absolute atomic E-state index is 0.396. The number of piperazine rings is 1. The number of nitrogens with two attached hydrogens (primary N) is 1. The molecule has 0 bridgehead atoms. The normalized spacial score (nSPS) is 20.9. The van der Waals surface area contributed by atoms with Crippen LogP contribution in [0.5, 0.6) is 0 Å². The van der Waals surface area contributed by atoms with E-state index >= 15 is 0 Å². The molecule has 17 heavy (non-hydrogen) atoms. The van der Waals surface area contributed by atoms with Gasteiger partial charge in [0.1, 0.15) is 12.1 Å². The highest BCUT2D eigenvalue weighted by Crippen LogP contribution is 2.12. The summed E-state index contributed by atoms with van der Waals surface area (Å²) in [7, 11) is 1.32. The van der Waals surface area contributed by atoms with E-state index in [0.29, 0.717) is 13.1 Å². The minimum Gasteiger partial charge on any atom is -0.467 e. The maximum Gasteiger partial charge on any atom is 0.411 e. The van der Waals surface area contributed by atoms with Crippen molar-refractivity contribution in [2.24, 2.45) is 0 Å². The standard InChI is InChI=1S/C11H20N2O4/c1-11(2,3)17-10(15)13-6-5-12-7-8(13)9(14)16-4/h8,12H,5-7H2,1-4H3/p+1/t8-/m1/s1. The van der Waals surface area contributed by atoms with Gasteiger partial charge < -0.3 is 14.8 Å². The fourth-order valence-electron chi connectivity index (χ4n) is 1.69. The third kappa shape index (κ3) is 3.89. The zero-order chi connectivity index (χ0) is 13.1. The van der Waals surface area contributed by atoms with Crippen LogP contribution in [0.25, 0.3) is 0 Å². The van der Waals surface area contributed by atoms with Crippen LogP contribution in [0, 0.1) is 0 Å². The molecule has 1 fully saturated rings. The van der Waals surface area contributed by atoms with Crippen molar-refractivity contribution in [2.75, 3.05) is 26.7 Å². The molecule has 6 heteroatoms. The average Bonchev–Trinajstić information content (AvgIpc) is 2.25. The van der Waals surface area contributed by atoms with E-state index in [1.165, 1.54) is 12.0 Å². The summed E-state index contributed by atoms with van der Waals surface area (Å²) >= 11 is 0. The highest BCUT2D eigenvalue weighted by atomic mass is 16.6. The van der Waals surface area contributed by atoms with Gasteiger partial charge in [-0.3, -0.25) is 4.90 Å². The quantitative estimate of drug-likeness (QED) is 0.623. The molecule has 1 heterocycles. The summed E-state index contributed by atoms with van der Waals surface area (Å²) in [6.07, 6.45) is -0.457. The lowest BCUT2D eigenvalue weighted by molar-refractivity contribution is -0.665. The van der Waals surface area contributed by atoms with Crippen LogP contribution in [-0.4, -0.2) is 55.3 Å². The van der Waals surface area contributed by atoms with Crippen molar-refractivity contribution >= 4 is 12.1 Å². The second-order valence-corrected chi connectivity index (χ2v) is 5.03. The van der Waals surface area contributed by atoms with Crippen LogP contribution in [0.2, 0.25) is 0 Å². The first kappa shape index (κ1) is 13.8. The SMILES string of the molecule is COC(=O)[C@H]1C[NH2+]CCN1C(=O)OC(C)(C)C. The first-order valence-electron chi connectivity index (χ1n) is 5.74. The Kier molecular flexibility index (Phi) is 4.34. The minimum atomic E-state index is -0.557. The van der Waals surface area contributed by atoms with Crippen molar-refractivity contribution in [3.05, 3.63) is 0 Å². The van der Waals surface area contributed by atoms with Gasteiger partial charge in [0.05, 0.1) is 20.2 Å². The maximum atomic E-state index is 11.9. The molecule has 1 aliphatic rings. The highest BCUT2D eigenvalue weighted by molar-refractivity contribution is 5.81. The summed E-state index contributed by atoms with van der Waals surface area (Å²) in [5.74, 6) is -0.396. The number of methoxy groups -OCH3 is 1. The molecule has 1 saturated heterocycles. The van der Waals surface area contributed by atoms with Gasteiger partial charge >= 0.3 is 12.1 Å². The Balaban J connectivity index is 2.71. The number of ether oxygens (including phenoxy) is 2. The lowest BCUT2D eigenvalue weighted by atomic mass is 10.2. The average molecular weight is 245 g/mol. The number of nitrogens with zero attached hydrogens (tertiary/aromatic N) is 1. The number of esters is 1. The Morgan fingerprint density at radius 3 is 2.53 bits per heavy atom. The molecule has 0 spiro atoms. The summed E-state index contributed by atoms with van der Waals surface area (Å²) in [4.78, 5) is 24.9. The largest absolute Gasteiger partial charge is 0.467 e. The van der Waals surface area contributed by atoms with E-state index in [0.717, 1.165) is 6.54 Å². The smallest absolute Gasteiger partial charge is 0.411 e. The number of hydrogen-bond donors (Lipinski definition) is 1. The van der Waals surface area contributed by atoms with E-state index in [1.54, 1.807) is 20.8 Å². The van der Waals surface area contributed by atoms with Gasteiger partial charge in [-0.25, -0.2) is 9.59 Å². The Hall–Kier alpha value is -1.30.